The standard InChI is InChI=1S/C22H26N2O3/c1-5-27-18-9-7-6-8-17(18)23-20(25)22(10-11-22)21(26)24-19-15(3)12-14(2)13-16(19)4/h6-9,12-13H,5,10-11H2,1-4H3,(H,23,25)(H,24,26). The molecule has 2 aromatic carbocycles. The van der Waals surface area contributed by atoms with Crippen molar-refractivity contribution in [2.75, 3.05) is 17.2 Å². The zero-order chi connectivity index (χ0) is 19.6. The molecule has 27 heavy (non-hydrogen) atoms. The van der Waals surface area contributed by atoms with Crippen LogP contribution in [0.25, 0.3) is 0 Å². The smallest absolute Gasteiger partial charge is 0.240 e. The Morgan fingerprint density at radius 3 is 2.19 bits per heavy atom. The van der Waals surface area contributed by atoms with Gasteiger partial charge in [0.05, 0.1) is 12.3 Å². The van der Waals surface area contributed by atoms with E-state index in [0.717, 1.165) is 22.4 Å². The highest BCUT2D eigenvalue weighted by Crippen LogP contribution is 2.48. The van der Waals surface area contributed by atoms with E-state index >= 15 is 0 Å². The molecule has 142 valence electrons. The lowest BCUT2D eigenvalue weighted by molar-refractivity contribution is -0.131. The molecule has 0 aliphatic heterocycles. The summed E-state index contributed by atoms with van der Waals surface area (Å²) >= 11 is 0. The van der Waals surface area contributed by atoms with E-state index in [1.54, 1.807) is 12.1 Å². The van der Waals surface area contributed by atoms with Crippen LogP contribution in [0, 0.1) is 26.2 Å². The lowest BCUT2D eigenvalue weighted by Crippen LogP contribution is -2.36. The van der Waals surface area contributed by atoms with Crippen LogP contribution in [0.4, 0.5) is 11.4 Å². The van der Waals surface area contributed by atoms with Crippen LogP contribution in [0.1, 0.15) is 36.5 Å². The second-order valence-electron chi connectivity index (χ2n) is 7.19. The summed E-state index contributed by atoms with van der Waals surface area (Å²) in [5, 5.41) is 5.86. The van der Waals surface area contributed by atoms with Crippen LogP contribution < -0.4 is 15.4 Å². The van der Waals surface area contributed by atoms with Gasteiger partial charge in [0, 0.05) is 5.69 Å². The quantitative estimate of drug-likeness (QED) is 0.746. The van der Waals surface area contributed by atoms with Crippen LogP contribution in [0.3, 0.4) is 0 Å². The van der Waals surface area contributed by atoms with Gasteiger partial charge in [0.15, 0.2) is 0 Å². The van der Waals surface area contributed by atoms with Gasteiger partial charge in [-0.3, -0.25) is 9.59 Å². The molecule has 0 atom stereocenters. The Hall–Kier alpha value is -2.82. The average molecular weight is 366 g/mol. The van der Waals surface area contributed by atoms with E-state index < -0.39 is 5.41 Å². The summed E-state index contributed by atoms with van der Waals surface area (Å²) in [6, 6.07) is 11.3. The van der Waals surface area contributed by atoms with Gasteiger partial charge < -0.3 is 15.4 Å². The highest BCUT2D eigenvalue weighted by atomic mass is 16.5. The largest absolute Gasteiger partial charge is 0.492 e. The summed E-state index contributed by atoms with van der Waals surface area (Å²) in [6.45, 7) is 8.35. The number of aryl methyl sites for hydroxylation is 3. The summed E-state index contributed by atoms with van der Waals surface area (Å²) < 4.78 is 5.55. The van der Waals surface area contributed by atoms with Crippen LogP contribution in [0.5, 0.6) is 5.75 Å². The highest BCUT2D eigenvalue weighted by Gasteiger charge is 2.56. The van der Waals surface area contributed by atoms with Gasteiger partial charge in [0.25, 0.3) is 0 Å². The number of carbonyl (C=O) groups is 2. The molecule has 0 spiro atoms. The number of benzene rings is 2. The Morgan fingerprint density at radius 1 is 1.00 bits per heavy atom. The Balaban J connectivity index is 1.77. The average Bonchev–Trinajstić information content (AvgIpc) is 3.42. The van der Waals surface area contributed by atoms with Crippen molar-refractivity contribution in [3.05, 3.63) is 53.1 Å². The highest BCUT2D eigenvalue weighted by molar-refractivity contribution is 6.17. The maximum absolute atomic E-state index is 12.9. The molecule has 0 radical (unpaired) electrons. The van der Waals surface area contributed by atoms with Crippen molar-refractivity contribution in [1.29, 1.82) is 0 Å². The molecule has 1 aliphatic rings. The second kappa shape index (κ2) is 7.43. The molecule has 5 nitrogen and oxygen atoms in total. The molecule has 1 saturated carbocycles. The topological polar surface area (TPSA) is 67.4 Å². The molecule has 0 unspecified atom stereocenters. The van der Waals surface area contributed by atoms with Gasteiger partial charge in [-0.15, -0.1) is 0 Å². The Morgan fingerprint density at radius 2 is 1.59 bits per heavy atom. The van der Waals surface area contributed by atoms with Crippen molar-refractivity contribution in [2.24, 2.45) is 5.41 Å². The molecule has 0 saturated heterocycles. The third-order valence-electron chi connectivity index (χ3n) is 4.97. The molecule has 2 N–H and O–H groups in total. The number of nitrogens with one attached hydrogen (secondary N) is 2. The van der Waals surface area contributed by atoms with Crippen LogP contribution >= 0.6 is 0 Å². The van der Waals surface area contributed by atoms with E-state index in [0.29, 0.717) is 30.9 Å². The minimum atomic E-state index is -1.01. The number of para-hydroxylation sites is 2. The third-order valence-corrected chi connectivity index (χ3v) is 4.97. The fraction of sp³-hybridized carbons (Fsp3) is 0.364. The number of hydrogen-bond donors (Lipinski definition) is 2. The van der Waals surface area contributed by atoms with Crippen LogP contribution in [0.15, 0.2) is 36.4 Å². The van der Waals surface area contributed by atoms with E-state index in [4.69, 9.17) is 4.74 Å². The fourth-order valence-electron chi connectivity index (χ4n) is 3.39. The monoisotopic (exact) mass is 366 g/mol. The minimum absolute atomic E-state index is 0.246. The zero-order valence-electron chi connectivity index (χ0n) is 16.3. The first-order chi connectivity index (χ1) is 12.9. The molecule has 2 amide bonds. The van der Waals surface area contributed by atoms with Crippen LogP contribution in [-0.4, -0.2) is 18.4 Å². The minimum Gasteiger partial charge on any atom is -0.492 e. The van der Waals surface area contributed by atoms with Crippen molar-refractivity contribution in [3.8, 4) is 5.75 Å². The van der Waals surface area contributed by atoms with Gasteiger partial charge in [0.2, 0.25) is 11.8 Å². The molecule has 1 aliphatic carbocycles. The Labute approximate surface area is 160 Å². The summed E-state index contributed by atoms with van der Waals surface area (Å²) in [5.74, 6) is 0.0771. The van der Waals surface area contributed by atoms with Gasteiger partial charge >= 0.3 is 0 Å². The van der Waals surface area contributed by atoms with Crippen LogP contribution in [-0.2, 0) is 9.59 Å². The third kappa shape index (κ3) is 3.82. The Bertz CT molecular complexity index is 862. The van der Waals surface area contributed by atoms with Crippen molar-refractivity contribution in [1.82, 2.24) is 0 Å². The molecule has 0 heterocycles. The first-order valence-electron chi connectivity index (χ1n) is 9.30. The lowest BCUT2D eigenvalue weighted by atomic mass is 10.0. The number of carbonyl (C=O) groups excluding carboxylic acids is 2. The van der Waals surface area contributed by atoms with Crippen molar-refractivity contribution < 1.29 is 14.3 Å². The number of rotatable bonds is 6. The predicted molar refractivity (Wildman–Crippen MR) is 107 cm³/mol. The first-order valence-corrected chi connectivity index (χ1v) is 9.30. The van der Waals surface area contributed by atoms with Gasteiger partial charge in [-0.1, -0.05) is 29.8 Å². The molecule has 3 rings (SSSR count). The summed E-state index contributed by atoms with van der Waals surface area (Å²) in [4.78, 5) is 25.8. The van der Waals surface area contributed by atoms with Gasteiger partial charge in [-0.05, 0) is 63.8 Å². The SMILES string of the molecule is CCOc1ccccc1NC(=O)C1(C(=O)Nc2c(C)cc(C)cc2C)CC1. The first kappa shape index (κ1) is 19.0. The second-order valence-corrected chi connectivity index (χ2v) is 7.19. The van der Waals surface area contributed by atoms with E-state index in [1.807, 2.05) is 52.0 Å². The molecule has 2 aromatic rings. The zero-order valence-corrected chi connectivity index (χ0v) is 16.3. The maximum atomic E-state index is 12.9. The van der Waals surface area contributed by atoms with Crippen molar-refractivity contribution in [3.63, 3.8) is 0 Å². The van der Waals surface area contributed by atoms with E-state index in [2.05, 4.69) is 10.6 Å². The van der Waals surface area contributed by atoms with Crippen LogP contribution in [0.2, 0.25) is 0 Å². The molecule has 5 heteroatoms. The summed E-state index contributed by atoms with van der Waals surface area (Å²) in [5.41, 5.74) is 3.51. The molecule has 1 fully saturated rings. The summed E-state index contributed by atoms with van der Waals surface area (Å²) in [6.07, 6.45) is 1.09. The molecular formula is C22H26N2O3. The van der Waals surface area contributed by atoms with Crippen molar-refractivity contribution >= 4 is 23.2 Å². The van der Waals surface area contributed by atoms with Crippen molar-refractivity contribution in [2.45, 2.75) is 40.5 Å². The molecule has 0 bridgehead atoms. The number of amides is 2. The summed E-state index contributed by atoms with van der Waals surface area (Å²) in [7, 11) is 0. The van der Waals surface area contributed by atoms with E-state index in [9.17, 15) is 9.59 Å². The molecule has 0 aromatic heterocycles. The normalized spacial score (nSPS) is 14.4. The fourth-order valence-corrected chi connectivity index (χ4v) is 3.39. The van der Waals surface area contributed by atoms with E-state index in [1.165, 1.54) is 0 Å². The van der Waals surface area contributed by atoms with Gasteiger partial charge in [0.1, 0.15) is 11.2 Å². The number of anilines is 2. The maximum Gasteiger partial charge on any atom is 0.240 e. The number of ether oxygens (including phenoxy) is 1. The van der Waals surface area contributed by atoms with Gasteiger partial charge in [-0.25, -0.2) is 0 Å². The Kier molecular flexibility index (Phi) is 5.22. The predicted octanol–water partition coefficient (Wildman–Crippen LogP) is 4.37. The van der Waals surface area contributed by atoms with E-state index in [-0.39, 0.29) is 11.8 Å². The molecular weight excluding hydrogens is 340 g/mol. The van der Waals surface area contributed by atoms with Gasteiger partial charge in [-0.2, -0.15) is 0 Å². The number of hydrogen-bond acceptors (Lipinski definition) is 3. The lowest BCUT2D eigenvalue weighted by Gasteiger charge is -2.19.